The van der Waals surface area contributed by atoms with Gasteiger partial charge < -0.3 is 10.6 Å². The van der Waals surface area contributed by atoms with Crippen LogP contribution >= 0.6 is 11.8 Å². The molecule has 1 aromatic carbocycles. The lowest BCUT2D eigenvalue weighted by molar-refractivity contribution is -0.114. The van der Waals surface area contributed by atoms with Crippen LogP contribution in [0.3, 0.4) is 0 Å². The predicted molar refractivity (Wildman–Crippen MR) is 81.2 cm³/mol. The van der Waals surface area contributed by atoms with Gasteiger partial charge in [0.05, 0.1) is 5.75 Å². The molecule has 110 valence electrons. The molecule has 0 atom stereocenters. The van der Waals surface area contributed by atoms with Gasteiger partial charge in [-0.2, -0.15) is 0 Å². The number of aromatic nitrogens is 3. The molecule has 2 aromatic rings. The Morgan fingerprint density at radius 1 is 1.29 bits per heavy atom. The lowest BCUT2D eigenvalue weighted by Gasteiger charge is -2.07. The number of benzene rings is 1. The van der Waals surface area contributed by atoms with E-state index in [1.165, 1.54) is 18.7 Å². The maximum absolute atomic E-state index is 11.8. The van der Waals surface area contributed by atoms with Gasteiger partial charge in [-0.1, -0.05) is 17.8 Å². The minimum atomic E-state index is -0.164. The molecule has 1 heterocycles. The number of anilines is 2. The maximum atomic E-state index is 11.8. The molecule has 0 aliphatic carbocycles. The molecule has 0 aliphatic heterocycles. The fourth-order valence-electron chi connectivity index (χ4n) is 1.59. The second-order valence-corrected chi connectivity index (χ2v) is 5.24. The lowest BCUT2D eigenvalue weighted by Crippen LogP contribution is -2.14. The van der Waals surface area contributed by atoms with Gasteiger partial charge in [-0.05, 0) is 25.1 Å². The monoisotopic (exact) mass is 305 g/mol. The third-order valence-corrected chi connectivity index (χ3v) is 3.22. The van der Waals surface area contributed by atoms with E-state index in [9.17, 15) is 9.59 Å². The third-order valence-electron chi connectivity index (χ3n) is 2.38. The number of nitrogens with one attached hydrogen (secondary N) is 3. The van der Waals surface area contributed by atoms with Crippen molar-refractivity contribution in [1.82, 2.24) is 15.2 Å². The van der Waals surface area contributed by atoms with Crippen molar-refractivity contribution < 1.29 is 9.59 Å². The highest BCUT2D eigenvalue weighted by atomic mass is 32.2. The van der Waals surface area contributed by atoms with Crippen molar-refractivity contribution in [3.63, 3.8) is 0 Å². The first kappa shape index (κ1) is 15.0. The van der Waals surface area contributed by atoms with Crippen molar-refractivity contribution in [2.24, 2.45) is 0 Å². The molecule has 0 spiro atoms. The standard InChI is InChI=1S/C13H15N5O2S/c1-8-14-13(18-17-8)21-7-12(20)16-11-5-3-4-10(6-11)15-9(2)19/h3-6H,7H2,1-2H3,(H,15,19)(H,16,20)(H,14,17,18). The van der Waals surface area contributed by atoms with Crippen LogP contribution in [0.1, 0.15) is 12.7 Å². The van der Waals surface area contributed by atoms with Crippen molar-refractivity contribution in [2.45, 2.75) is 19.0 Å². The average Bonchev–Trinajstić information content (AvgIpc) is 2.82. The Balaban J connectivity index is 1.88. The summed E-state index contributed by atoms with van der Waals surface area (Å²) in [7, 11) is 0. The molecule has 0 unspecified atom stereocenters. The van der Waals surface area contributed by atoms with Crippen LogP contribution in [0.2, 0.25) is 0 Å². The smallest absolute Gasteiger partial charge is 0.234 e. The van der Waals surface area contributed by atoms with Crippen molar-refractivity contribution in [2.75, 3.05) is 16.4 Å². The zero-order valence-corrected chi connectivity index (χ0v) is 12.5. The Bertz CT molecular complexity index is 656. The largest absolute Gasteiger partial charge is 0.326 e. The fourth-order valence-corrected chi connectivity index (χ4v) is 2.24. The van der Waals surface area contributed by atoms with Gasteiger partial charge in [-0.15, -0.1) is 5.10 Å². The second kappa shape index (κ2) is 6.89. The van der Waals surface area contributed by atoms with Gasteiger partial charge in [0.25, 0.3) is 0 Å². The number of rotatable bonds is 5. The molecule has 0 fully saturated rings. The van der Waals surface area contributed by atoms with Gasteiger partial charge in [-0.25, -0.2) is 4.98 Å². The van der Waals surface area contributed by atoms with Crippen LogP contribution in [0, 0.1) is 6.92 Å². The highest BCUT2D eigenvalue weighted by Crippen LogP contribution is 2.16. The zero-order valence-electron chi connectivity index (χ0n) is 11.6. The van der Waals surface area contributed by atoms with Crippen LogP contribution in [-0.2, 0) is 9.59 Å². The SMILES string of the molecule is CC(=O)Nc1cccc(NC(=O)CSc2n[nH]c(C)n2)c1. The summed E-state index contributed by atoms with van der Waals surface area (Å²) in [5.41, 5.74) is 1.26. The Kier molecular flexibility index (Phi) is 4.94. The number of hydrogen-bond donors (Lipinski definition) is 3. The van der Waals surface area contributed by atoms with Gasteiger partial charge in [0.2, 0.25) is 17.0 Å². The van der Waals surface area contributed by atoms with E-state index < -0.39 is 0 Å². The molecule has 0 bridgehead atoms. The average molecular weight is 305 g/mol. The molecule has 1 aromatic heterocycles. The fraction of sp³-hybridized carbons (Fsp3) is 0.231. The van der Waals surface area contributed by atoms with Crippen molar-refractivity contribution >= 4 is 35.0 Å². The van der Waals surface area contributed by atoms with Crippen LogP contribution in [-0.4, -0.2) is 32.7 Å². The summed E-state index contributed by atoms with van der Waals surface area (Å²) in [4.78, 5) is 26.9. The first-order chi connectivity index (χ1) is 10.0. The van der Waals surface area contributed by atoms with Crippen molar-refractivity contribution in [3.8, 4) is 0 Å². The van der Waals surface area contributed by atoms with Gasteiger partial charge in [-0.3, -0.25) is 14.7 Å². The molecule has 0 saturated carbocycles. The summed E-state index contributed by atoms with van der Waals surface area (Å²) >= 11 is 1.25. The van der Waals surface area contributed by atoms with E-state index in [1.54, 1.807) is 31.2 Å². The van der Waals surface area contributed by atoms with E-state index >= 15 is 0 Å². The van der Waals surface area contributed by atoms with Gasteiger partial charge in [0.1, 0.15) is 5.82 Å². The van der Waals surface area contributed by atoms with Crippen molar-refractivity contribution in [3.05, 3.63) is 30.1 Å². The van der Waals surface area contributed by atoms with E-state index in [4.69, 9.17) is 0 Å². The third kappa shape index (κ3) is 4.92. The highest BCUT2D eigenvalue weighted by Gasteiger charge is 2.07. The van der Waals surface area contributed by atoms with E-state index in [1.807, 2.05) is 0 Å². The molecule has 3 N–H and O–H groups in total. The molecular weight excluding hydrogens is 290 g/mol. The summed E-state index contributed by atoms with van der Waals surface area (Å²) in [5.74, 6) is 0.596. The van der Waals surface area contributed by atoms with E-state index in [0.717, 1.165) is 0 Å². The lowest BCUT2D eigenvalue weighted by atomic mass is 10.2. The van der Waals surface area contributed by atoms with Crippen LogP contribution in [0.15, 0.2) is 29.4 Å². The van der Waals surface area contributed by atoms with Crippen LogP contribution < -0.4 is 10.6 Å². The molecule has 0 aliphatic rings. The highest BCUT2D eigenvalue weighted by molar-refractivity contribution is 7.99. The Hall–Kier alpha value is -2.35. The molecule has 21 heavy (non-hydrogen) atoms. The summed E-state index contributed by atoms with van der Waals surface area (Å²) in [5, 5.41) is 12.6. The molecule has 2 rings (SSSR count). The first-order valence-corrected chi connectivity index (χ1v) is 7.21. The summed E-state index contributed by atoms with van der Waals surface area (Å²) < 4.78 is 0. The minimum Gasteiger partial charge on any atom is -0.326 e. The Morgan fingerprint density at radius 3 is 2.62 bits per heavy atom. The van der Waals surface area contributed by atoms with Gasteiger partial charge in [0, 0.05) is 18.3 Å². The molecular formula is C13H15N5O2S. The number of H-pyrrole nitrogens is 1. The number of carbonyl (C=O) groups is 2. The van der Waals surface area contributed by atoms with Gasteiger partial charge in [0.15, 0.2) is 0 Å². The number of hydrogen-bond acceptors (Lipinski definition) is 5. The number of carbonyl (C=O) groups excluding carboxylic acids is 2. The summed E-state index contributed by atoms with van der Waals surface area (Å²) in [6.07, 6.45) is 0. The van der Waals surface area contributed by atoms with E-state index in [2.05, 4.69) is 25.8 Å². The number of nitrogens with zero attached hydrogens (tertiary/aromatic N) is 2. The topological polar surface area (TPSA) is 99.8 Å². The summed E-state index contributed by atoms with van der Waals surface area (Å²) in [6.45, 7) is 3.23. The number of aryl methyl sites for hydroxylation is 1. The van der Waals surface area contributed by atoms with Crippen LogP contribution in [0.5, 0.6) is 0 Å². The molecule has 0 saturated heterocycles. The number of thioether (sulfide) groups is 1. The minimum absolute atomic E-state index is 0.158. The van der Waals surface area contributed by atoms with Crippen LogP contribution in [0.4, 0.5) is 11.4 Å². The maximum Gasteiger partial charge on any atom is 0.234 e. The van der Waals surface area contributed by atoms with Gasteiger partial charge >= 0.3 is 0 Å². The van der Waals surface area contributed by atoms with E-state index in [0.29, 0.717) is 22.4 Å². The summed E-state index contributed by atoms with van der Waals surface area (Å²) in [6, 6.07) is 6.96. The molecule has 7 nitrogen and oxygen atoms in total. The molecule has 2 amide bonds. The van der Waals surface area contributed by atoms with E-state index in [-0.39, 0.29) is 17.6 Å². The molecule has 0 radical (unpaired) electrons. The quantitative estimate of drug-likeness (QED) is 0.731. The van der Waals surface area contributed by atoms with Crippen molar-refractivity contribution in [1.29, 1.82) is 0 Å². The normalized spacial score (nSPS) is 10.2. The number of aromatic amines is 1. The zero-order chi connectivity index (χ0) is 15.2. The Morgan fingerprint density at radius 2 is 2.00 bits per heavy atom. The molecule has 8 heteroatoms. The second-order valence-electron chi connectivity index (χ2n) is 4.30. The van der Waals surface area contributed by atoms with Crippen LogP contribution in [0.25, 0.3) is 0 Å². The number of amides is 2. The predicted octanol–water partition coefficient (Wildman–Crippen LogP) is 1.80. The first-order valence-electron chi connectivity index (χ1n) is 6.22. The Labute approximate surface area is 125 Å².